The number of nitrogens with one attached hydrogen (secondary N) is 1. The molecule has 1 amide bonds. The Kier molecular flexibility index (Phi) is 6.05. The molecule has 8 heteroatoms. The fourth-order valence-corrected chi connectivity index (χ4v) is 5.36. The molecule has 152 valence electrons. The van der Waals surface area contributed by atoms with Crippen LogP contribution in [0.4, 0.5) is 5.69 Å². The second-order valence-electron chi connectivity index (χ2n) is 7.25. The van der Waals surface area contributed by atoms with Gasteiger partial charge in [-0.05, 0) is 51.0 Å². The summed E-state index contributed by atoms with van der Waals surface area (Å²) in [5.41, 5.74) is 1.86. The number of benzene rings is 1. The van der Waals surface area contributed by atoms with Crippen molar-refractivity contribution in [3.05, 3.63) is 46.2 Å². The summed E-state index contributed by atoms with van der Waals surface area (Å²) in [6.45, 7) is 4.84. The Morgan fingerprint density at radius 3 is 2.14 bits per heavy atom. The summed E-state index contributed by atoms with van der Waals surface area (Å²) >= 11 is 5.88. The zero-order chi connectivity index (χ0) is 20.5. The van der Waals surface area contributed by atoms with Gasteiger partial charge in [0.15, 0.2) is 0 Å². The van der Waals surface area contributed by atoms with Crippen LogP contribution in [0, 0.1) is 13.8 Å². The first-order chi connectivity index (χ1) is 13.2. The number of amides is 1. The van der Waals surface area contributed by atoms with Crippen LogP contribution in [0.15, 0.2) is 29.2 Å². The van der Waals surface area contributed by atoms with E-state index in [0.717, 1.165) is 25.7 Å². The molecular formula is C20H26ClN3O3S. The lowest BCUT2D eigenvalue weighted by Crippen LogP contribution is -2.33. The number of hydrogen-bond acceptors (Lipinski definition) is 3. The van der Waals surface area contributed by atoms with Crippen molar-refractivity contribution in [1.29, 1.82) is 0 Å². The Hall–Kier alpha value is -1.99. The number of carbonyl (C=O) groups excluding carboxylic acids is 1. The van der Waals surface area contributed by atoms with Gasteiger partial charge < -0.3 is 9.47 Å². The highest BCUT2D eigenvalue weighted by molar-refractivity contribution is 7.92. The zero-order valence-corrected chi connectivity index (χ0v) is 18.0. The van der Waals surface area contributed by atoms with E-state index in [1.807, 2.05) is 0 Å². The predicted octanol–water partition coefficient (Wildman–Crippen LogP) is 4.11. The quantitative estimate of drug-likeness (QED) is 0.804. The van der Waals surface area contributed by atoms with Crippen molar-refractivity contribution in [2.75, 3.05) is 17.8 Å². The van der Waals surface area contributed by atoms with Crippen LogP contribution < -0.4 is 4.72 Å². The van der Waals surface area contributed by atoms with Crippen molar-refractivity contribution >= 4 is 33.2 Å². The predicted molar refractivity (Wildman–Crippen MR) is 112 cm³/mol. The van der Waals surface area contributed by atoms with Gasteiger partial charge in [0.05, 0.1) is 5.56 Å². The zero-order valence-electron chi connectivity index (χ0n) is 16.5. The lowest BCUT2D eigenvalue weighted by Gasteiger charge is -2.21. The molecule has 1 aliphatic rings. The van der Waals surface area contributed by atoms with Gasteiger partial charge in [0.25, 0.3) is 15.9 Å². The molecule has 1 aromatic carbocycles. The Morgan fingerprint density at radius 1 is 1.00 bits per heavy atom. The van der Waals surface area contributed by atoms with Gasteiger partial charge in [0, 0.05) is 42.2 Å². The van der Waals surface area contributed by atoms with Crippen LogP contribution in [0.25, 0.3) is 0 Å². The minimum Gasteiger partial charge on any atom is -0.350 e. The lowest BCUT2D eigenvalue weighted by molar-refractivity contribution is 0.0757. The Balaban J connectivity index is 2.03. The van der Waals surface area contributed by atoms with Crippen LogP contribution in [0.1, 0.15) is 47.4 Å². The first-order valence-electron chi connectivity index (χ1n) is 9.46. The van der Waals surface area contributed by atoms with Crippen molar-refractivity contribution in [3.63, 3.8) is 0 Å². The molecule has 1 aliphatic heterocycles. The summed E-state index contributed by atoms with van der Waals surface area (Å²) in [5.74, 6) is -0.209. The molecule has 1 fully saturated rings. The third kappa shape index (κ3) is 4.05. The molecule has 0 aliphatic carbocycles. The van der Waals surface area contributed by atoms with E-state index in [-0.39, 0.29) is 16.4 Å². The highest BCUT2D eigenvalue weighted by atomic mass is 35.5. The molecule has 1 N–H and O–H groups in total. The average Bonchev–Trinajstić information content (AvgIpc) is 2.86. The minimum atomic E-state index is -3.94. The summed E-state index contributed by atoms with van der Waals surface area (Å²) in [4.78, 5) is 15.1. The number of likely N-dealkylation sites (tertiary alicyclic amines) is 1. The van der Waals surface area contributed by atoms with Crippen LogP contribution in [-0.4, -0.2) is 36.9 Å². The average molecular weight is 424 g/mol. The number of sulfonamides is 1. The Bertz CT molecular complexity index is 973. The molecule has 0 spiro atoms. The summed E-state index contributed by atoms with van der Waals surface area (Å²) in [7, 11) is -2.16. The summed E-state index contributed by atoms with van der Waals surface area (Å²) in [5, 5.41) is 0.520. The summed E-state index contributed by atoms with van der Waals surface area (Å²) in [6.07, 6.45) is 4.09. The third-order valence-electron chi connectivity index (χ3n) is 5.40. The second kappa shape index (κ2) is 8.17. The van der Waals surface area contributed by atoms with Gasteiger partial charge >= 0.3 is 0 Å². The first kappa shape index (κ1) is 20.7. The van der Waals surface area contributed by atoms with Crippen molar-refractivity contribution in [1.82, 2.24) is 9.47 Å². The number of aromatic nitrogens is 1. The number of carbonyl (C=O) groups is 1. The first-order valence-corrected chi connectivity index (χ1v) is 11.3. The molecule has 3 rings (SSSR count). The van der Waals surface area contributed by atoms with E-state index in [2.05, 4.69) is 4.72 Å². The largest absolute Gasteiger partial charge is 0.350 e. The molecule has 28 heavy (non-hydrogen) atoms. The fraction of sp³-hybridized carbons (Fsp3) is 0.450. The van der Waals surface area contributed by atoms with E-state index in [1.54, 1.807) is 54.6 Å². The monoisotopic (exact) mass is 423 g/mol. The van der Waals surface area contributed by atoms with E-state index in [1.165, 1.54) is 0 Å². The lowest BCUT2D eigenvalue weighted by atomic mass is 10.2. The molecule has 2 aromatic rings. The molecule has 1 saturated heterocycles. The van der Waals surface area contributed by atoms with Gasteiger partial charge in [-0.1, -0.05) is 24.4 Å². The fourth-order valence-electron chi connectivity index (χ4n) is 3.65. The second-order valence-corrected chi connectivity index (χ2v) is 9.31. The van der Waals surface area contributed by atoms with Crippen molar-refractivity contribution < 1.29 is 13.2 Å². The van der Waals surface area contributed by atoms with E-state index in [9.17, 15) is 13.2 Å². The topological polar surface area (TPSA) is 71.4 Å². The molecule has 2 heterocycles. The standard InChI is InChI=1S/C20H26ClN3O3S/c1-14-18(20(25)24-12-6-4-5-7-13-24)19(15(2)23(14)3)28(26,27)22-17-10-8-16(21)9-11-17/h8-11,22H,4-7,12-13H2,1-3H3. The molecule has 0 bridgehead atoms. The number of nitrogens with zero attached hydrogens (tertiary/aromatic N) is 2. The van der Waals surface area contributed by atoms with Gasteiger partial charge in [-0.15, -0.1) is 0 Å². The molecule has 0 atom stereocenters. The molecule has 0 saturated carbocycles. The number of anilines is 1. The maximum absolute atomic E-state index is 13.3. The number of halogens is 1. The van der Waals surface area contributed by atoms with Gasteiger partial charge in [0.2, 0.25) is 0 Å². The van der Waals surface area contributed by atoms with E-state index in [0.29, 0.717) is 35.2 Å². The van der Waals surface area contributed by atoms with Crippen LogP contribution in [0.5, 0.6) is 0 Å². The maximum atomic E-state index is 13.3. The van der Waals surface area contributed by atoms with Gasteiger partial charge in [-0.2, -0.15) is 0 Å². The molecule has 1 aromatic heterocycles. The van der Waals surface area contributed by atoms with Crippen LogP contribution in [0.2, 0.25) is 5.02 Å². The molecular weight excluding hydrogens is 398 g/mol. The van der Waals surface area contributed by atoms with Crippen molar-refractivity contribution in [2.45, 2.75) is 44.4 Å². The SMILES string of the molecule is Cc1c(C(=O)N2CCCCCC2)c(S(=O)(=O)Nc2ccc(Cl)cc2)c(C)n1C. The van der Waals surface area contributed by atoms with Crippen LogP contribution in [0.3, 0.4) is 0 Å². The summed E-state index contributed by atoms with van der Waals surface area (Å²) < 4.78 is 30.8. The van der Waals surface area contributed by atoms with Crippen LogP contribution in [-0.2, 0) is 17.1 Å². The third-order valence-corrected chi connectivity index (χ3v) is 7.19. The molecule has 0 radical (unpaired) electrons. The highest BCUT2D eigenvalue weighted by Gasteiger charge is 2.33. The number of hydrogen-bond donors (Lipinski definition) is 1. The minimum absolute atomic E-state index is 0.0525. The maximum Gasteiger partial charge on any atom is 0.264 e. The Morgan fingerprint density at radius 2 is 1.57 bits per heavy atom. The van der Waals surface area contributed by atoms with E-state index in [4.69, 9.17) is 11.6 Å². The van der Waals surface area contributed by atoms with Gasteiger partial charge in [-0.25, -0.2) is 8.42 Å². The molecule has 6 nitrogen and oxygen atoms in total. The van der Waals surface area contributed by atoms with Gasteiger partial charge in [-0.3, -0.25) is 9.52 Å². The Labute approximate surface area is 171 Å². The van der Waals surface area contributed by atoms with E-state index < -0.39 is 10.0 Å². The number of rotatable bonds is 4. The highest BCUT2D eigenvalue weighted by Crippen LogP contribution is 2.30. The van der Waals surface area contributed by atoms with Crippen molar-refractivity contribution in [3.8, 4) is 0 Å². The van der Waals surface area contributed by atoms with Crippen molar-refractivity contribution in [2.24, 2.45) is 7.05 Å². The normalized spacial score (nSPS) is 15.4. The van der Waals surface area contributed by atoms with Crippen LogP contribution >= 0.6 is 11.6 Å². The summed E-state index contributed by atoms with van der Waals surface area (Å²) in [6, 6.07) is 6.43. The van der Waals surface area contributed by atoms with Gasteiger partial charge in [0.1, 0.15) is 4.90 Å². The smallest absolute Gasteiger partial charge is 0.264 e. The molecule has 0 unspecified atom stereocenters. The van der Waals surface area contributed by atoms with E-state index >= 15 is 0 Å².